The van der Waals surface area contributed by atoms with Gasteiger partial charge in [0, 0.05) is 19.6 Å². The molecule has 0 spiro atoms. The zero-order valence-electron chi connectivity index (χ0n) is 17.1. The molecular weight excluding hydrogens is 398 g/mol. The maximum Gasteiger partial charge on any atom is 0.137 e. The average molecular weight is 424 g/mol. The number of fused-ring (bicyclic) bond motifs is 1. The molecule has 3 aromatic carbocycles. The molecule has 5 heteroatoms. The summed E-state index contributed by atoms with van der Waals surface area (Å²) in [6.45, 7) is 2.69. The number of rotatable bonds is 7. The number of ether oxygens (including phenoxy) is 2. The predicted octanol–water partition coefficient (Wildman–Crippen LogP) is 4.81. The first-order chi connectivity index (χ1) is 14.6. The summed E-state index contributed by atoms with van der Waals surface area (Å²) in [7, 11) is 1.60. The third-order valence-corrected chi connectivity index (χ3v) is 5.74. The lowest BCUT2D eigenvalue weighted by Gasteiger charge is -2.30. The number of β-amino-alcohol motifs (C(OH)–C–C–N with tert-alkyl or cyclic N) is 1. The maximum atomic E-state index is 10.5. The molecule has 4 rings (SSSR count). The van der Waals surface area contributed by atoms with E-state index in [-0.39, 0.29) is 6.61 Å². The van der Waals surface area contributed by atoms with Crippen LogP contribution in [0.1, 0.15) is 11.1 Å². The van der Waals surface area contributed by atoms with Crippen molar-refractivity contribution in [2.75, 3.05) is 26.8 Å². The molecule has 0 aromatic heterocycles. The third-order valence-electron chi connectivity index (χ3n) is 5.44. The SMILES string of the molecule is COc1ccc(-c2cccc(OCC(O)CN3CCc4ccccc4C3)c2)cc1Cl. The van der Waals surface area contributed by atoms with Crippen molar-refractivity contribution in [2.45, 2.75) is 19.1 Å². The molecule has 1 aliphatic rings. The van der Waals surface area contributed by atoms with Crippen LogP contribution in [0.3, 0.4) is 0 Å². The van der Waals surface area contributed by atoms with E-state index in [4.69, 9.17) is 21.1 Å². The van der Waals surface area contributed by atoms with E-state index >= 15 is 0 Å². The Labute approximate surface area is 182 Å². The van der Waals surface area contributed by atoms with Gasteiger partial charge < -0.3 is 14.6 Å². The highest BCUT2D eigenvalue weighted by molar-refractivity contribution is 6.32. The number of aliphatic hydroxyl groups is 1. The van der Waals surface area contributed by atoms with E-state index in [0.29, 0.717) is 17.3 Å². The third kappa shape index (κ3) is 4.96. The molecule has 0 radical (unpaired) electrons. The summed E-state index contributed by atoms with van der Waals surface area (Å²) in [6, 6.07) is 22.0. The number of aliphatic hydroxyl groups excluding tert-OH is 1. The van der Waals surface area contributed by atoms with Crippen LogP contribution in [0.15, 0.2) is 66.7 Å². The molecule has 0 saturated carbocycles. The molecular formula is C25H26ClNO3. The molecule has 4 nitrogen and oxygen atoms in total. The van der Waals surface area contributed by atoms with Crippen LogP contribution in [0.2, 0.25) is 5.02 Å². The molecule has 3 aromatic rings. The van der Waals surface area contributed by atoms with Gasteiger partial charge in [0.2, 0.25) is 0 Å². The number of methoxy groups -OCH3 is 1. The monoisotopic (exact) mass is 423 g/mol. The summed E-state index contributed by atoms with van der Waals surface area (Å²) < 4.78 is 11.1. The van der Waals surface area contributed by atoms with Crippen LogP contribution in [0.4, 0.5) is 0 Å². The number of benzene rings is 3. The molecule has 1 heterocycles. The second kappa shape index (κ2) is 9.52. The zero-order valence-corrected chi connectivity index (χ0v) is 17.8. The Kier molecular flexibility index (Phi) is 6.58. The predicted molar refractivity (Wildman–Crippen MR) is 120 cm³/mol. The lowest BCUT2D eigenvalue weighted by Crippen LogP contribution is -2.38. The van der Waals surface area contributed by atoms with E-state index in [1.165, 1.54) is 11.1 Å². The molecule has 0 aliphatic carbocycles. The summed E-state index contributed by atoms with van der Waals surface area (Å²) in [5, 5.41) is 11.1. The fourth-order valence-electron chi connectivity index (χ4n) is 3.86. The second-order valence-corrected chi connectivity index (χ2v) is 8.00. The van der Waals surface area contributed by atoms with Gasteiger partial charge in [-0.1, -0.05) is 54.1 Å². The quantitative estimate of drug-likeness (QED) is 0.592. The highest BCUT2D eigenvalue weighted by Crippen LogP contribution is 2.31. The van der Waals surface area contributed by atoms with Crippen molar-refractivity contribution in [1.82, 2.24) is 4.90 Å². The van der Waals surface area contributed by atoms with Crippen LogP contribution < -0.4 is 9.47 Å². The molecule has 1 unspecified atom stereocenters. The lowest BCUT2D eigenvalue weighted by molar-refractivity contribution is 0.0638. The van der Waals surface area contributed by atoms with Crippen molar-refractivity contribution in [3.63, 3.8) is 0 Å². The molecule has 1 atom stereocenters. The summed E-state index contributed by atoms with van der Waals surface area (Å²) in [5.74, 6) is 1.37. The minimum Gasteiger partial charge on any atom is -0.495 e. The Bertz CT molecular complexity index is 1010. The second-order valence-electron chi connectivity index (χ2n) is 7.60. The van der Waals surface area contributed by atoms with Crippen molar-refractivity contribution < 1.29 is 14.6 Å². The summed E-state index contributed by atoms with van der Waals surface area (Å²) in [5.41, 5.74) is 4.75. The van der Waals surface area contributed by atoms with E-state index in [2.05, 4.69) is 29.2 Å². The molecule has 156 valence electrons. The Morgan fingerprint density at radius 3 is 2.60 bits per heavy atom. The zero-order chi connectivity index (χ0) is 20.9. The summed E-state index contributed by atoms with van der Waals surface area (Å²) >= 11 is 6.25. The van der Waals surface area contributed by atoms with Gasteiger partial charge in [-0.05, 0) is 52.9 Å². The highest BCUT2D eigenvalue weighted by Gasteiger charge is 2.18. The Morgan fingerprint density at radius 2 is 1.80 bits per heavy atom. The largest absolute Gasteiger partial charge is 0.495 e. The first-order valence-electron chi connectivity index (χ1n) is 10.2. The topological polar surface area (TPSA) is 41.9 Å². The molecule has 0 bridgehead atoms. The van der Waals surface area contributed by atoms with Crippen molar-refractivity contribution in [3.8, 4) is 22.6 Å². The minimum absolute atomic E-state index is 0.255. The molecule has 0 saturated heterocycles. The van der Waals surface area contributed by atoms with Gasteiger partial charge in [-0.3, -0.25) is 4.90 Å². The van der Waals surface area contributed by atoms with Crippen LogP contribution >= 0.6 is 11.6 Å². The molecule has 0 fully saturated rings. The van der Waals surface area contributed by atoms with Gasteiger partial charge in [0.15, 0.2) is 0 Å². The fraction of sp³-hybridized carbons (Fsp3) is 0.280. The number of halogens is 1. The Balaban J connectivity index is 1.34. The van der Waals surface area contributed by atoms with Crippen molar-refractivity contribution >= 4 is 11.6 Å². The lowest BCUT2D eigenvalue weighted by atomic mass is 10.00. The van der Waals surface area contributed by atoms with Crippen molar-refractivity contribution in [3.05, 3.63) is 82.9 Å². The van der Waals surface area contributed by atoms with Gasteiger partial charge >= 0.3 is 0 Å². The van der Waals surface area contributed by atoms with Crippen molar-refractivity contribution in [2.24, 2.45) is 0 Å². The van der Waals surface area contributed by atoms with E-state index in [1.807, 2.05) is 42.5 Å². The maximum absolute atomic E-state index is 10.5. The van der Waals surface area contributed by atoms with E-state index < -0.39 is 6.10 Å². The van der Waals surface area contributed by atoms with Gasteiger partial charge in [-0.2, -0.15) is 0 Å². The molecule has 0 amide bonds. The van der Waals surface area contributed by atoms with Crippen LogP contribution in [-0.2, 0) is 13.0 Å². The number of hydrogen-bond donors (Lipinski definition) is 1. The standard InChI is InChI=1S/C25H26ClNO3/c1-29-25-10-9-20(14-24(25)26)19-7-4-8-23(13-19)30-17-22(28)16-27-12-11-18-5-2-3-6-21(18)15-27/h2-10,13-14,22,28H,11-12,15-17H2,1H3. The first kappa shape index (κ1) is 20.7. The van der Waals surface area contributed by atoms with Crippen molar-refractivity contribution in [1.29, 1.82) is 0 Å². The number of nitrogens with zero attached hydrogens (tertiary/aromatic N) is 1. The van der Waals surface area contributed by atoms with E-state index in [0.717, 1.165) is 36.4 Å². The summed E-state index contributed by atoms with van der Waals surface area (Å²) in [6.07, 6.45) is 0.477. The molecule has 1 N–H and O–H groups in total. The highest BCUT2D eigenvalue weighted by atomic mass is 35.5. The Morgan fingerprint density at radius 1 is 1.00 bits per heavy atom. The molecule has 30 heavy (non-hydrogen) atoms. The van der Waals surface area contributed by atoms with Crippen LogP contribution in [0, 0.1) is 0 Å². The first-order valence-corrected chi connectivity index (χ1v) is 10.5. The Hall–Kier alpha value is -2.53. The van der Waals surface area contributed by atoms with Gasteiger partial charge in [0.1, 0.15) is 24.2 Å². The van der Waals surface area contributed by atoms with Crippen LogP contribution in [0.25, 0.3) is 11.1 Å². The van der Waals surface area contributed by atoms with Gasteiger partial charge in [0.05, 0.1) is 12.1 Å². The fourth-order valence-corrected chi connectivity index (χ4v) is 4.12. The van der Waals surface area contributed by atoms with E-state index in [1.54, 1.807) is 7.11 Å². The normalized spacial score (nSPS) is 14.8. The van der Waals surface area contributed by atoms with E-state index in [9.17, 15) is 5.11 Å². The number of hydrogen-bond acceptors (Lipinski definition) is 4. The summed E-state index contributed by atoms with van der Waals surface area (Å²) in [4.78, 5) is 2.28. The van der Waals surface area contributed by atoms with Crippen LogP contribution in [-0.4, -0.2) is 42.9 Å². The smallest absolute Gasteiger partial charge is 0.137 e. The van der Waals surface area contributed by atoms with Crippen LogP contribution in [0.5, 0.6) is 11.5 Å². The van der Waals surface area contributed by atoms with Gasteiger partial charge in [-0.15, -0.1) is 0 Å². The minimum atomic E-state index is -0.547. The molecule has 1 aliphatic heterocycles. The van der Waals surface area contributed by atoms with Gasteiger partial charge in [0.25, 0.3) is 0 Å². The average Bonchev–Trinajstić information content (AvgIpc) is 2.78. The van der Waals surface area contributed by atoms with Gasteiger partial charge in [-0.25, -0.2) is 0 Å².